The highest BCUT2D eigenvalue weighted by Crippen LogP contribution is 2.22. The van der Waals surface area contributed by atoms with Crippen LogP contribution in [0.5, 0.6) is 0 Å². The monoisotopic (exact) mass is 222 g/mol. The summed E-state index contributed by atoms with van der Waals surface area (Å²) in [5.41, 5.74) is 5.63. The van der Waals surface area contributed by atoms with Crippen molar-refractivity contribution in [1.82, 2.24) is 4.98 Å². The third-order valence-corrected chi connectivity index (χ3v) is 2.89. The summed E-state index contributed by atoms with van der Waals surface area (Å²) in [5.74, 6) is 1.30. The molecular formula is C10H14N4O2. The first-order chi connectivity index (χ1) is 7.70. The van der Waals surface area contributed by atoms with Gasteiger partial charge in [-0.05, 0) is 24.9 Å². The van der Waals surface area contributed by atoms with Crippen molar-refractivity contribution in [2.45, 2.75) is 6.42 Å². The molecule has 0 saturated carbocycles. The molecule has 1 aromatic rings. The summed E-state index contributed by atoms with van der Waals surface area (Å²) in [6, 6.07) is 3.18. The summed E-state index contributed by atoms with van der Waals surface area (Å²) in [7, 11) is 0. The summed E-state index contributed by atoms with van der Waals surface area (Å²) in [5, 5.41) is 10.5. The standard InChI is InChI=1S/C10H14N4O2/c11-5-8-3-4-13(7-8)10-2-1-9(6-12-10)14(15)16/h1-2,6,8H,3-5,7,11H2/t8-/m1/s1. The lowest BCUT2D eigenvalue weighted by Crippen LogP contribution is -2.23. The lowest BCUT2D eigenvalue weighted by Gasteiger charge is -2.16. The number of anilines is 1. The fourth-order valence-corrected chi connectivity index (χ4v) is 1.91. The Bertz CT molecular complexity index is 379. The van der Waals surface area contributed by atoms with Crippen molar-refractivity contribution in [2.75, 3.05) is 24.5 Å². The van der Waals surface area contributed by atoms with E-state index in [4.69, 9.17) is 5.73 Å². The maximum Gasteiger partial charge on any atom is 0.287 e. The van der Waals surface area contributed by atoms with Crippen LogP contribution < -0.4 is 10.6 Å². The molecule has 0 bridgehead atoms. The van der Waals surface area contributed by atoms with Crippen molar-refractivity contribution in [3.63, 3.8) is 0 Å². The van der Waals surface area contributed by atoms with Crippen molar-refractivity contribution in [3.05, 3.63) is 28.4 Å². The molecule has 6 heteroatoms. The highest BCUT2D eigenvalue weighted by Gasteiger charge is 2.22. The van der Waals surface area contributed by atoms with E-state index in [1.807, 2.05) is 0 Å². The number of hydrogen-bond donors (Lipinski definition) is 1. The van der Waals surface area contributed by atoms with Crippen LogP contribution in [-0.2, 0) is 0 Å². The van der Waals surface area contributed by atoms with Crippen molar-refractivity contribution >= 4 is 11.5 Å². The van der Waals surface area contributed by atoms with Gasteiger partial charge in [0, 0.05) is 19.2 Å². The molecule has 1 atom stereocenters. The Labute approximate surface area is 93.2 Å². The van der Waals surface area contributed by atoms with Gasteiger partial charge in [0.25, 0.3) is 5.69 Å². The molecule has 1 saturated heterocycles. The molecule has 1 aliphatic rings. The average molecular weight is 222 g/mol. The first-order valence-electron chi connectivity index (χ1n) is 5.26. The van der Waals surface area contributed by atoms with Crippen LogP contribution in [0.3, 0.4) is 0 Å². The van der Waals surface area contributed by atoms with Crippen LogP contribution in [0.1, 0.15) is 6.42 Å². The molecule has 1 fully saturated rings. The van der Waals surface area contributed by atoms with Gasteiger partial charge in [-0.3, -0.25) is 10.1 Å². The minimum atomic E-state index is -0.441. The second-order valence-corrected chi connectivity index (χ2v) is 3.97. The fourth-order valence-electron chi connectivity index (χ4n) is 1.91. The molecule has 0 unspecified atom stereocenters. The summed E-state index contributed by atoms with van der Waals surface area (Å²) in [4.78, 5) is 16.2. The molecular weight excluding hydrogens is 208 g/mol. The van der Waals surface area contributed by atoms with Gasteiger partial charge >= 0.3 is 0 Å². The number of nitrogens with two attached hydrogens (primary N) is 1. The summed E-state index contributed by atoms with van der Waals surface area (Å²) in [6.45, 7) is 2.50. The van der Waals surface area contributed by atoms with Crippen LogP contribution in [-0.4, -0.2) is 29.5 Å². The Hall–Kier alpha value is -1.69. The number of aromatic nitrogens is 1. The first-order valence-corrected chi connectivity index (χ1v) is 5.26. The lowest BCUT2D eigenvalue weighted by molar-refractivity contribution is -0.385. The maximum atomic E-state index is 10.5. The van der Waals surface area contributed by atoms with Gasteiger partial charge in [0.15, 0.2) is 0 Å². The molecule has 0 amide bonds. The second kappa shape index (κ2) is 4.44. The van der Waals surface area contributed by atoms with Crippen molar-refractivity contribution in [1.29, 1.82) is 0 Å². The van der Waals surface area contributed by atoms with Gasteiger partial charge in [0.05, 0.1) is 4.92 Å². The van der Waals surface area contributed by atoms with Crippen LogP contribution in [0.15, 0.2) is 18.3 Å². The lowest BCUT2D eigenvalue weighted by atomic mass is 10.1. The molecule has 1 aromatic heterocycles. The number of nitrogens with zero attached hydrogens (tertiary/aromatic N) is 3. The molecule has 0 aromatic carbocycles. The van der Waals surface area contributed by atoms with Gasteiger partial charge in [-0.15, -0.1) is 0 Å². The van der Waals surface area contributed by atoms with E-state index in [-0.39, 0.29) is 5.69 Å². The second-order valence-electron chi connectivity index (χ2n) is 3.97. The predicted octanol–water partition coefficient (Wildman–Crippen LogP) is 0.775. The molecule has 0 radical (unpaired) electrons. The van der Waals surface area contributed by atoms with Crippen LogP contribution in [0.4, 0.5) is 11.5 Å². The smallest absolute Gasteiger partial charge is 0.287 e. The third kappa shape index (κ3) is 2.11. The molecule has 0 aliphatic carbocycles. The summed E-state index contributed by atoms with van der Waals surface area (Å²) >= 11 is 0. The SMILES string of the molecule is NC[C@H]1CCN(c2ccc([N+](=O)[O-])cn2)C1. The fraction of sp³-hybridized carbons (Fsp3) is 0.500. The Morgan fingerprint density at radius 3 is 2.94 bits per heavy atom. The van der Waals surface area contributed by atoms with E-state index in [9.17, 15) is 10.1 Å². The van der Waals surface area contributed by atoms with Crippen molar-refractivity contribution < 1.29 is 4.92 Å². The Morgan fingerprint density at radius 2 is 2.44 bits per heavy atom. The summed E-state index contributed by atoms with van der Waals surface area (Å²) in [6.07, 6.45) is 2.36. The minimum Gasteiger partial charge on any atom is -0.356 e. The van der Waals surface area contributed by atoms with E-state index in [2.05, 4.69) is 9.88 Å². The molecule has 2 N–H and O–H groups in total. The van der Waals surface area contributed by atoms with Gasteiger partial charge in [-0.2, -0.15) is 0 Å². The van der Waals surface area contributed by atoms with Gasteiger partial charge in [-0.1, -0.05) is 0 Å². The molecule has 6 nitrogen and oxygen atoms in total. The molecule has 86 valence electrons. The Kier molecular flexibility index (Phi) is 3.00. The van der Waals surface area contributed by atoms with Crippen LogP contribution >= 0.6 is 0 Å². The largest absolute Gasteiger partial charge is 0.356 e. The van der Waals surface area contributed by atoms with E-state index in [0.717, 1.165) is 25.3 Å². The zero-order chi connectivity index (χ0) is 11.5. The number of pyridine rings is 1. The molecule has 0 spiro atoms. The van der Waals surface area contributed by atoms with Crippen LogP contribution in [0.25, 0.3) is 0 Å². The van der Waals surface area contributed by atoms with Crippen molar-refractivity contribution in [2.24, 2.45) is 11.7 Å². The predicted molar refractivity (Wildman–Crippen MR) is 60.3 cm³/mol. The van der Waals surface area contributed by atoms with Gasteiger partial charge in [0.1, 0.15) is 12.0 Å². The number of hydrogen-bond acceptors (Lipinski definition) is 5. The topological polar surface area (TPSA) is 85.3 Å². The average Bonchev–Trinajstić information content (AvgIpc) is 2.77. The van der Waals surface area contributed by atoms with E-state index in [0.29, 0.717) is 12.5 Å². The zero-order valence-corrected chi connectivity index (χ0v) is 8.87. The van der Waals surface area contributed by atoms with Crippen LogP contribution in [0.2, 0.25) is 0 Å². The Balaban J connectivity index is 2.08. The minimum absolute atomic E-state index is 0.0262. The maximum absolute atomic E-state index is 10.5. The van der Waals surface area contributed by atoms with Gasteiger partial charge in [-0.25, -0.2) is 4.98 Å². The summed E-state index contributed by atoms with van der Waals surface area (Å²) < 4.78 is 0. The molecule has 2 heterocycles. The van der Waals surface area contributed by atoms with Gasteiger partial charge < -0.3 is 10.6 Å². The van der Waals surface area contributed by atoms with E-state index < -0.39 is 4.92 Å². The van der Waals surface area contributed by atoms with Crippen LogP contribution in [0, 0.1) is 16.0 Å². The Morgan fingerprint density at radius 1 is 1.62 bits per heavy atom. The number of nitro groups is 1. The van der Waals surface area contributed by atoms with Crippen molar-refractivity contribution in [3.8, 4) is 0 Å². The third-order valence-electron chi connectivity index (χ3n) is 2.89. The van der Waals surface area contributed by atoms with Gasteiger partial charge in [0.2, 0.25) is 0 Å². The van der Waals surface area contributed by atoms with E-state index in [1.54, 1.807) is 6.07 Å². The zero-order valence-electron chi connectivity index (χ0n) is 8.87. The highest BCUT2D eigenvalue weighted by atomic mass is 16.6. The molecule has 16 heavy (non-hydrogen) atoms. The van der Waals surface area contributed by atoms with E-state index >= 15 is 0 Å². The van der Waals surface area contributed by atoms with E-state index in [1.165, 1.54) is 12.3 Å². The highest BCUT2D eigenvalue weighted by molar-refractivity contribution is 5.43. The first kappa shape index (κ1) is 10.8. The quantitative estimate of drug-likeness (QED) is 0.603. The number of rotatable bonds is 3. The molecule has 2 rings (SSSR count). The normalized spacial score (nSPS) is 20.1. The molecule has 1 aliphatic heterocycles.